The molecule has 0 heterocycles. The van der Waals surface area contributed by atoms with Crippen LogP contribution in [-0.4, -0.2) is 44.6 Å². The lowest BCUT2D eigenvalue weighted by Gasteiger charge is -2.25. The van der Waals surface area contributed by atoms with Crippen molar-refractivity contribution >= 4 is 17.8 Å². The van der Waals surface area contributed by atoms with Crippen molar-refractivity contribution in [1.29, 1.82) is 0 Å². The van der Waals surface area contributed by atoms with Gasteiger partial charge < -0.3 is 20.5 Å². The van der Waals surface area contributed by atoms with Crippen LogP contribution >= 0.6 is 0 Å². The molecule has 8 nitrogen and oxygen atoms in total. The van der Waals surface area contributed by atoms with Gasteiger partial charge in [-0.05, 0) is 36.0 Å². The second-order valence-electron chi connectivity index (χ2n) is 8.94. The molecular formula is C25H40N4O4. The molecule has 33 heavy (non-hydrogen) atoms. The molecule has 0 spiro atoms. The van der Waals surface area contributed by atoms with Crippen LogP contribution in [0.25, 0.3) is 0 Å². The predicted molar refractivity (Wildman–Crippen MR) is 130 cm³/mol. The third-order valence-corrected chi connectivity index (χ3v) is 6.28. The number of nitrogens with zero attached hydrogens (tertiary/aromatic N) is 1. The third-order valence-electron chi connectivity index (χ3n) is 6.28. The molecule has 1 aliphatic rings. The molecule has 0 aliphatic heterocycles. The lowest BCUT2D eigenvalue weighted by Crippen LogP contribution is -2.42. The van der Waals surface area contributed by atoms with Crippen LogP contribution in [-0.2, 0) is 16.0 Å². The summed E-state index contributed by atoms with van der Waals surface area (Å²) in [6.45, 7) is 4.81. The largest absolute Gasteiger partial charge is 0.493 e. The molecule has 0 saturated heterocycles. The lowest BCUT2D eigenvalue weighted by atomic mass is 9.84. The molecule has 0 radical (unpaired) electrons. The van der Waals surface area contributed by atoms with Gasteiger partial charge >= 0.3 is 0 Å². The first-order chi connectivity index (χ1) is 15.9. The number of nitrogens with two attached hydrogens (primary N) is 1. The first-order valence-electron chi connectivity index (χ1n) is 12.0. The molecule has 1 aliphatic carbocycles. The van der Waals surface area contributed by atoms with E-state index in [4.69, 9.17) is 15.2 Å². The number of carbonyl (C=O) groups excluding carboxylic acids is 2. The quantitative estimate of drug-likeness (QED) is 0.347. The van der Waals surface area contributed by atoms with E-state index >= 15 is 0 Å². The van der Waals surface area contributed by atoms with Gasteiger partial charge in [0.05, 0.1) is 20.6 Å². The number of methoxy groups -OCH3 is 2. The minimum Gasteiger partial charge on any atom is -0.493 e. The molecule has 2 unspecified atom stereocenters. The van der Waals surface area contributed by atoms with E-state index in [-0.39, 0.29) is 24.2 Å². The fraction of sp³-hybridized carbons (Fsp3) is 0.640. The monoisotopic (exact) mass is 460 g/mol. The molecule has 184 valence electrons. The molecule has 1 fully saturated rings. The molecule has 8 heteroatoms. The summed E-state index contributed by atoms with van der Waals surface area (Å²) in [5.41, 5.74) is 6.80. The minimum atomic E-state index is -0.599. The van der Waals surface area contributed by atoms with E-state index in [0.717, 1.165) is 24.8 Å². The topological polar surface area (TPSA) is 115 Å². The molecule has 1 aromatic carbocycles. The maximum atomic E-state index is 12.9. The van der Waals surface area contributed by atoms with E-state index in [1.807, 2.05) is 0 Å². The van der Waals surface area contributed by atoms with Crippen LogP contribution in [0.1, 0.15) is 64.4 Å². The zero-order chi connectivity index (χ0) is 24.2. The van der Waals surface area contributed by atoms with E-state index in [2.05, 4.69) is 29.5 Å². The first kappa shape index (κ1) is 26.5. The highest BCUT2D eigenvalue weighted by Gasteiger charge is 2.25. The number of carbonyl (C=O) groups is 2. The van der Waals surface area contributed by atoms with Gasteiger partial charge in [-0.3, -0.25) is 14.9 Å². The Hall–Kier alpha value is -2.77. The number of guanidine groups is 1. The summed E-state index contributed by atoms with van der Waals surface area (Å²) in [5.74, 6) is 1.54. The molecule has 1 saturated carbocycles. The number of nitrogens with one attached hydrogen (secondary N) is 2. The van der Waals surface area contributed by atoms with Crippen LogP contribution in [0.4, 0.5) is 0 Å². The van der Waals surface area contributed by atoms with Gasteiger partial charge in [-0.15, -0.1) is 0 Å². The van der Waals surface area contributed by atoms with Crippen molar-refractivity contribution in [2.24, 2.45) is 22.6 Å². The minimum absolute atomic E-state index is 0.0278. The summed E-state index contributed by atoms with van der Waals surface area (Å²) in [7, 11) is 3.11. The van der Waals surface area contributed by atoms with Crippen molar-refractivity contribution in [2.75, 3.05) is 20.8 Å². The smallest absolute Gasteiger partial charge is 0.244 e. The average Bonchev–Trinajstić information content (AvgIpc) is 2.82. The summed E-state index contributed by atoms with van der Waals surface area (Å²) < 4.78 is 10.5. The summed E-state index contributed by atoms with van der Waals surface area (Å²) in [4.78, 5) is 29.8. The number of amides is 2. The summed E-state index contributed by atoms with van der Waals surface area (Å²) >= 11 is 0. The van der Waals surface area contributed by atoms with Crippen LogP contribution in [0.15, 0.2) is 23.2 Å². The Morgan fingerprint density at radius 2 is 1.85 bits per heavy atom. The van der Waals surface area contributed by atoms with Crippen molar-refractivity contribution in [3.63, 3.8) is 0 Å². The van der Waals surface area contributed by atoms with Gasteiger partial charge in [-0.1, -0.05) is 58.4 Å². The summed E-state index contributed by atoms with van der Waals surface area (Å²) in [6.07, 6.45) is 7.58. The number of aliphatic imine (C=N–C) groups is 1. The molecule has 2 atom stereocenters. The molecule has 0 bridgehead atoms. The second kappa shape index (κ2) is 13.7. The van der Waals surface area contributed by atoms with Gasteiger partial charge in [-0.25, -0.2) is 4.99 Å². The number of benzene rings is 1. The maximum Gasteiger partial charge on any atom is 0.244 e. The maximum absolute atomic E-state index is 12.9. The van der Waals surface area contributed by atoms with Crippen molar-refractivity contribution < 1.29 is 19.1 Å². The number of hydrogen-bond donors (Lipinski definition) is 3. The van der Waals surface area contributed by atoms with Crippen LogP contribution in [0, 0.1) is 11.8 Å². The van der Waals surface area contributed by atoms with Crippen molar-refractivity contribution in [2.45, 2.75) is 71.3 Å². The number of rotatable bonds is 11. The Morgan fingerprint density at radius 1 is 1.15 bits per heavy atom. The van der Waals surface area contributed by atoms with E-state index < -0.39 is 6.04 Å². The SMILES string of the molecule is CCC(C)CNC(=O)C(CC1CCCCC1)N=C(N)NC(=O)Cc1ccc(OC)c(OC)c1. The van der Waals surface area contributed by atoms with E-state index in [0.29, 0.717) is 36.3 Å². The Labute approximate surface area is 197 Å². The average molecular weight is 461 g/mol. The lowest BCUT2D eigenvalue weighted by molar-refractivity contribution is -0.123. The standard InChI is InChI=1S/C25H40N4O4/c1-5-17(2)16-27-24(31)20(13-18-9-7-6-8-10-18)28-25(26)29-23(30)15-19-11-12-21(32-3)22(14-19)33-4/h11-12,14,17-18,20H,5-10,13,15-16H2,1-4H3,(H,27,31)(H3,26,28,29,30). The molecule has 4 N–H and O–H groups in total. The zero-order valence-corrected chi connectivity index (χ0v) is 20.5. The Morgan fingerprint density at radius 3 is 2.48 bits per heavy atom. The van der Waals surface area contributed by atoms with E-state index in [1.165, 1.54) is 19.3 Å². The third kappa shape index (κ3) is 8.94. The molecular weight excluding hydrogens is 420 g/mol. The van der Waals surface area contributed by atoms with Gasteiger partial charge in [0.2, 0.25) is 11.8 Å². The van der Waals surface area contributed by atoms with Gasteiger partial charge in [0.1, 0.15) is 6.04 Å². The Kier molecular flexibility index (Phi) is 11.0. The summed E-state index contributed by atoms with van der Waals surface area (Å²) in [5, 5.41) is 5.63. The molecule has 0 aromatic heterocycles. The highest BCUT2D eigenvalue weighted by atomic mass is 16.5. The van der Waals surface area contributed by atoms with Gasteiger partial charge in [0.15, 0.2) is 17.5 Å². The van der Waals surface area contributed by atoms with E-state index in [9.17, 15) is 9.59 Å². The van der Waals surface area contributed by atoms with Gasteiger partial charge in [0, 0.05) is 6.54 Å². The van der Waals surface area contributed by atoms with Crippen molar-refractivity contribution in [3.05, 3.63) is 23.8 Å². The molecule has 2 amide bonds. The first-order valence-corrected chi connectivity index (χ1v) is 12.0. The fourth-order valence-corrected chi connectivity index (χ4v) is 4.06. The van der Waals surface area contributed by atoms with Gasteiger partial charge in [0.25, 0.3) is 0 Å². The van der Waals surface area contributed by atoms with Crippen molar-refractivity contribution in [3.8, 4) is 11.5 Å². The van der Waals surface area contributed by atoms with E-state index in [1.54, 1.807) is 32.4 Å². The molecule has 1 aromatic rings. The number of ether oxygens (including phenoxy) is 2. The highest BCUT2D eigenvalue weighted by molar-refractivity contribution is 5.98. The second-order valence-corrected chi connectivity index (χ2v) is 8.94. The summed E-state index contributed by atoms with van der Waals surface area (Å²) in [6, 6.07) is 4.70. The number of hydrogen-bond acceptors (Lipinski definition) is 5. The van der Waals surface area contributed by atoms with Crippen LogP contribution in [0.3, 0.4) is 0 Å². The Bertz CT molecular complexity index is 806. The van der Waals surface area contributed by atoms with Crippen molar-refractivity contribution in [1.82, 2.24) is 10.6 Å². The van der Waals surface area contributed by atoms with Crippen LogP contribution < -0.4 is 25.8 Å². The fourth-order valence-electron chi connectivity index (χ4n) is 4.06. The highest BCUT2D eigenvalue weighted by Crippen LogP contribution is 2.29. The van der Waals surface area contributed by atoms with Gasteiger partial charge in [-0.2, -0.15) is 0 Å². The Balaban J connectivity index is 2.03. The predicted octanol–water partition coefficient (Wildman–Crippen LogP) is 3.18. The zero-order valence-electron chi connectivity index (χ0n) is 20.5. The molecule has 2 rings (SSSR count). The normalized spacial score (nSPS) is 16.5. The van der Waals surface area contributed by atoms with Crippen LogP contribution in [0.2, 0.25) is 0 Å². The van der Waals surface area contributed by atoms with Crippen LogP contribution in [0.5, 0.6) is 11.5 Å².